The van der Waals surface area contributed by atoms with Crippen LogP contribution >= 0.6 is 0 Å². The van der Waals surface area contributed by atoms with Gasteiger partial charge in [-0.1, -0.05) is 6.07 Å². The number of phenols is 1. The molecule has 2 heteroatoms. The molecule has 0 amide bonds. The van der Waals surface area contributed by atoms with Crippen molar-refractivity contribution in [1.29, 1.82) is 0 Å². The molecule has 1 heterocycles. The van der Waals surface area contributed by atoms with E-state index in [1.54, 1.807) is 12.1 Å². The maximum absolute atomic E-state index is 9.45. The van der Waals surface area contributed by atoms with Crippen molar-refractivity contribution < 1.29 is 9.84 Å². The average molecular weight is 162 g/mol. The number of aromatic hydroxyl groups is 1. The predicted octanol–water partition coefficient (Wildman–Crippen LogP) is 2.19. The van der Waals surface area contributed by atoms with Gasteiger partial charge in [0.15, 0.2) is 0 Å². The third kappa shape index (κ3) is 1.05. The van der Waals surface area contributed by atoms with Gasteiger partial charge >= 0.3 is 0 Å². The Bertz CT molecular complexity index is 340. The molecule has 0 atom stereocenters. The Hall–Kier alpha value is -1.44. The largest absolute Gasteiger partial charge is 0.507 e. The van der Waals surface area contributed by atoms with Gasteiger partial charge < -0.3 is 9.84 Å². The summed E-state index contributed by atoms with van der Waals surface area (Å²) in [5, 5.41) is 9.45. The van der Waals surface area contributed by atoms with Crippen molar-refractivity contribution in [3.63, 3.8) is 0 Å². The summed E-state index contributed by atoms with van der Waals surface area (Å²) < 4.78 is 5.39. The van der Waals surface area contributed by atoms with Crippen LogP contribution in [0, 0.1) is 0 Å². The molecule has 1 aromatic carbocycles. The summed E-state index contributed by atoms with van der Waals surface area (Å²) in [6.45, 7) is 2.60. The van der Waals surface area contributed by atoms with Crippen molar-refractivity contribution in [3.05, 3.63) is 29.3 Å². The highest BCUT2D eigenvalue weighted by Gasteiger charge is 2.11. The first-order valence-corrected chi connectivity index (χ1v) is 3.89. The van der Waals surface area contributed by atoms with Crippen molar-refractivity contribution in [3.8, 4) is 11.5 Å². The highest BCUT2D eigenvalue weighted by Crippen LogP contribution is 2.32. The Morgan fingerprint density at radius 3 is 3.08 bits per heavy atom. The summed E-state index contributed by atoms with van der Waals surface area (Å²) in [7, 11) is 0. The van der Waals surface area contributed by atoms with Gasteiger partial charge in [-0.2, -0.15) is 0 Å². The van der Waals surface area contributed by atoms with Crippen LogP contribution in [0.25, 0.3) is 6.08 Å². The van der Waals surface area contributed by atoms with Crippen LogP contribution in [0.3, 0.4) is 0 Å². The molecule has 2 rings (SSSR count). The molecule has 0 aromatic heterocycles. The first kappa shape index (κ1) is 7.22. The summed E-state index contributed by atoms with van der Waals surface area (Å²) in [4.78, 5) is 0. The first-order valence-electron chi connectivity index (χ1n) is 3.89. The Morgan fingerprint density at radius 1 is 1.42 bits per heavy atom. The highest BCUT2D eigenvalue weighted by molar-refractivity contribution is 5.67. The molecule has 0 unspecified atom stereocenters. The predicted molar refractivity (Wildman–Crippen MR) is 47.3 cm³/mol. The molecule has 0 aliphatic carbocycles. The Kier molecular flexibility index (Phi) is 1.54. The minimum Gasteiger partial charge on any atom is -0.507 e. The number of benzene rings is 1. The lowest BCUT2D eigenvalue weighted by molar-refractivity contribution is 0.343. The van der Waals surface area contributed by atoms with Crippen LogP contribution in [0.15, 0.2) is 23.8 Å². The zero-order chi connectivity index (χ0) is 8.55. The Morgan fingerprint density at radius 2 is 2.25 bits per heavy atom. The smallest absolute Gasteiger partial charge is 0.130 e. The number of ether oxygens (including phenoxy) is 1. The summed E-state index contributed by atoms with van der Waals surface area (Å²) in [5.41, 5.74) is 1.92. The molecule has 0 bridgehead atoms. The van der Waals surface area contributed by atoms with E-state index in [-0.39, 0.29) is 5.75 Å². The lowest BCUT2D eigenvalue weighted by Crippen LogP contribution is -2.04. The SMILES string of the molecule is CC1=Cc2c(O)cccc2OC1. The van der Waals surface area contributed by atoms with E-state index < -0.39 is 0 Å². The van der Waals surface area contributed by atoms with E-state index in [4.69, 9.17) is 4.74 Å². The second kappa shape index (κ2) is 2.55. The van der Waals surface area contributed by atoms with Crippen LogP contribution in [0.5, 0.6) is 11.5 Å². The van der Waals surface area contributed by atoms with Gasteiger partial charge in [0.2, 0.25) is 0 Å². The van der Waals surface area contributed by atoms with E-state index in [1.807, 2.05) is 19.1 Å². The number of phenolic OH excluding ortho intramolecular Hbond substituents is 1. The molecule has 1 N–H and O–H groups in total. The molecule has 0 spiro atoms. The zero-order valence-electron chi connectivity index (χ0n) is 6.87. The number of hydrogen-bond donors (Lipinski definition) is 1. The van der Waals surface area contributed by atoms with Crippen molar-refractivity contribution >= 4 is 6.08 Å². The average Bonchev–Trinajstić information content (AvgIpc) is 2.07. The minimum atomic E-state index is 0.284. The normalized spacial score (nSPS) is 14.6. The van der Waals surface area contributed by atoms with Gasteiger partial charge in [0.25, 0.3) is 0 Å². The fourth-order valence-electron chi connectivity index (χ4n) is 1.28. The van der Waals surface area contributed by atoms with E-state index in [0.717, 1.165) is 16.9 Å². The lowest BCUT2D eigenvalue weighted by atomic mass is 10.1. The summed E-state index contributed by atoms with van der Waals surface area (Å²) in [5.74, 6) is 1.05. The summed E-state index contributed by atoms with van der Waals surface area (Å²) >= 11 is 0. The van der Waals surface area contributed by atoms with Gasteiger partial charge in [-0.3, -0.25) is 0 Å². The molecular weight excluding hydrogens is 152 g/mol. The second-order valence-electron chi connectivity index (χ2n) is 2.97. The fourth-order valence-corrected chi connectivity index (χ4v) is 1.28. The quantitative estimate of drug-likeness (QED) is 0.633. The third-order valence-electron chi connectivity index (χ3n) is 1.89. The minimum absolute atomic E-state index is 0.284. The molecule has 2 nitrogen and oxygen atoms in total. The Labute approximate surface area is 71.1 Å². The van der Waals surface area contributed by atoms with Crippen molar-refractivity contribution in [2.45, 2.75) is 6.92 Å². The molecule has 0 saturated carbocycles. The Balaban J connectivity index is 2.59. The molecule has 0 saturated heterocycles. The topological polar surface area (TPSA) is 29.5 Å². The highest BCUT2D eigenvalue weighted by atomic mass is 16.5. The number of hydrogen-bond acceptors (Lipinski definition) is 2. The van der Waals surface area contributed by atoms with Crippen LogP contribution in [0.4, 0.5) is 0 Å². The van der Waals surface area contributed by atoms with Crippen LogP contribution in [-0.2, 0) is 0 Å². The molecule has 1 aromatic rings. The van der Waals surface area contributed by atoms with Crippen molar-refractivity contribution in [1.82, 2.24) is 0 Å². The zero-order valence-corrected chi connectivity index (χ0v) is 6.87. The monoisotopic (exact) mass is 162 g/mol. The lowest BCUT2D eigenvalue weighted by Gasteiger charge is -2.15. The molecule has 0 radical (unpaired) electrons. The van der Waals surface area contributed by atoms with Gasteiger partial charge in [0.05, 0.1) is 5.56 Å². The fraction of sp³-hybridized carbons (Fsp3) is 0.200. The molecule has 1 aliphatic rings. The molecule has 12 heavy (non-hydrogen) atoms. The standard InChI is InChI=1S/C10H10O2/c1-7-5-8-9(11)3-2-4-10(8)12-6-7/h2-5,11H,6H2,1H3. The van der Waals surface area contributed by atoms with Gasteiger partial charge in [-0.25, -0.2) is 0 Å². The van der Waals surface area contributed by atoms with Gasteiger partial charge in [-0.05, 0) is 30.7 Å². The molecule has 1 aliphatic heterocycles. The summed E-state index contributed by atoms with van der Waals surface area (Å²) in [6.07, 6.45) is 1.95. The van der Waals surface area contributed by atoms with E-state index >= 15 is 0 Å². The van der Waals surface area contributed by atoms with Crippen LogP contribution in [0.2, 0.25) is 0 Å². The van der Waals surface area contributed by atoms with Crippen LogP contribution in [-0.4, -0.2) is 11.7 Å². The summed E-state index contributed by atoms with van der Waals surface area (Å²) in [6, 6.07) is 5.30. The molecule has 0 fully saturated rings. The first-order chi connectivity index (χ1) is 5.77. The van der Waals surface area contributed by atoms with Gasteiger partial charge in [0.1, 0.15) is 18.1 Å². The van der Waals surface area contributed by atoms with Crippen LogP contribution in [0.1, 0.15) is 12.5 Å². The molecule has 62 valence electrons. The number of fused-ring (bicyclic) bond motifs is 1. The van der Waals surface area contributed by atoms with Crippen molar-refractivity contribution in [2.75, 3.05) is 6.61 Å². The van der Waals surface area contributed by atoms with E-state index in [1.165, 1.54) is 0 Å². The maximum atomic E-state index is 9.45. The third-order valence-corrected chi connectivity index (χ3v) is 1.89. The maximum Gasteiger partial charge on any atom is 0.130 e. The van der Waals surface area contributed by atoms with E-state index in [0.29, 0.717) is 6.61 Å². The molecular formula is C10H10O2. The number of rotatable bonds is 0. The van der Waals surface area contributed by atoms with Crippen LogP contribution < -0.4 is 4.74 Å². The second-order valence-corrected chi connectivity index (χ2v) is 2.97. The van der Waals surface area contributed by atoms with Gasteiger partial charge in [-0.15, -0.1) is 0 Å². The van der Waals surface area contributed by atoms with Gasteiger partial charge in [0, 0.05) is 0 Å². The van der Waals surface area contributed by atoms with E-state index in [2.05, 4.69) is 0 Å². The van der Waals surface area contributed by atoms with Crippen molar-refractivity contribution in [2.24, 2.45) is 0 Å². The van der Waals surface area contributed by atoms with E-state index in [9.17, 15) is 5.11 Å².